The Hall–Kier alpha value is -1.45. The first-order chi connectivity index (χ1) is 9.70. The molecule has 0 spiro atoms. The van der Waals surface area contributed by atoms with Gasteiger partial charge in [-0.3, -0.25) is 4.72 Å². The summed E-state index contributed by atoms with van der Waals surface area (Å²) in [5, 5.41) is -0.0568. The first-order valence-corrected chi connectivity index (χ1v) is 7.94. The van der Waals surface area contributed by atoms with Gasteiger partial charge in [-0.25, -0.2) is 22.2 Å². The molecule has 0 bridgehead atoms. The van der Waals surface area contributed by atoms with Gasteiger partial charge in [0.15, 0.2) is 0 Å². The second-order valence-electron chi connectivity index (χ2n) is 3.89. The lowest BCUT2D eigenvalue weighted by molar-refractivity contribution is 0.579. The van der Waals surface area contributed by atoms with Crippen molar-refractivity contribution in [3.63, 3.8) is 0 Å². The third-order valence-electron chi connectivity index (χ3n) is 2.41. The second-order valence-corrected chi connectivity index (χ2v) is 6.83. The minimum Gasteiger partial charge on any atom is -0.382 e. The molecule has 0 fully saturated rings. The Labute approximate surface area is 132 Å². The fraction of sp³-hybridized carbons (Fsp3) is 0. The van der Waals surface area contributed by atoms with Gasteiger partial charge in [0, 0.05) is 12.3 Å². The Morgan fingerprint density at radius 3 is 2.52 bits per heavy atom. The average Bonchev–Trinajstić information content (AvgIpc) is 2.39. The van der Waals surface area contributed by atoms with Crippen molar-refractivity contribution < 1.29 is 17.2 Å². The van der Waals surface area contributed by atoms with Crippen molar-refractivity contribution in [2.45, 2.75) is 4.90 Å². The van der Waals surface area contributed by atoms with Crippen LogP contribution in [0.4, 0.5) is 20.3 Å². The highest BCUT2D eigenvalue weighted by molar-refractivity contribution is 9.10. The van der Waals surface area contributed by atoms with Crippen LogP contribution in [0.5, 0.6) is 0 Å². The Morgan fingerprint density at radius 1 is 1.24 bits per heavy atom. The third-order valence-corrected chi connectivity index (χ3v) is 4.65. The van der Waals surface area contributed by atoms with Crippen LogP contribution < -0.4 is 10.5 Å². The molecule has 0 saturated heterocycles. The molecule has 0 aliphatic heterocycles. The number of nitrogens with zero attached hydrogens (tertiary/aromatic N) is 1. The highest BCUT2D eigenvalue weighted by Gasteiger charge is 2.19. The number of aromatic nitrogens is 1. The molecule has 0 radical (unpaired) electrons. The molecule has 2 aromatic rings. The highest BCUT2D eigenvalue weighted by atomic mass is 79.9. The van der Waals surface area contributed by atoms with Crippen molar-refractivity contribution in [2.24, 2.45) is 0 Å². The van der Waals surface area contributed by atoms with Gasteiger partial charge >= 0.3 is 0 Å². The van der Waals surface area contributed by atoms with Gasteiger partial charge in [-0.05, 0) is 28.1 Å². The number of hydrogen-bond donors (Lipinski definition) is 2. The summed E-state index contributed by atoms with van der Waals surface area (Å²) >= 11 is 8.53. The number of pyridine rings is 1. The summed E-state index contributed by atoms with van der Waals surface area (Å²) in [5.74, 6) is -1.95. The van der Waals surface area contributed by atoms with Crippen molar-refractivity contribution >= 4 is 49.1 Å². The van der Waals surface area contributed by atoms with Gasteiger partial charge in [-0.1, -0.05) is 11.6 Å². The molecule has 1 heterocycles. The molecule has 1 aromatic carbocycles. The van der Waals surface area contributed by atoms with Crippen LogP contribution in [0.15, 0.2) is 33.8 Å². The molecular weight excluding hydrogens is 392 g/mol. The van der Waals surface area contributed by atoms with Gasteiger partial charge in [0.05, 0.1) is 15.2 Å². The Morgan fingerprint density at radius 2 is 1.90 bits per heavy atom. The summed E-state index contributed by atoms with van der Waals surface area (Å²) in [6.07, 6.45) is 0.972. The maximum Gasteiger partial charge on any atom is 0.263 e. The van der Waals surface area contributed by atoms with Crippen molar-refractivity contribution in [3.8, 4) is 0 Å². The van der Waals surface area contributed by atoms with Crippen LogP contribution in [0.25, 0.3) is 0 Å². The summed E-state index contributed by atoms with van der Waals surface area (Å²) in [4.78, 5) is 3.30. The number of nitrogens with one attached hydrogen (secondary N) is 1. The summed E-state index contributed by atoms with van der Waals surface area (Å²) in [5.41, 5.74) is 4.96. The Kier molecular flexibility index (Phi) is 4.35. The molecule has 0 amide bonds. The van der Waals surface area contributed by atoms with Crippen LogP contribution in [-0.2, 0) is 10.0 Å². The molecule has 21 heavy (non-hydrogen) atoms. The van der Waals surface area contributed by atoms with Crippen LogP contribution >= 0.6 is 27.5 Å². The zero-order valence-electron chi connectivity index (χ0n) is 10.1. The van der Waals surface area contributed by atoms with Gasteiger partial charge < -0.3 is 5.73 Å². The maximum atomic E-state index is 13.6. The standard InChI is InChI=1S/C11H7BrClF2N3O2S/c12-6-2-10(9(15)3-8(6)14)18-21(19,20)5-1-7(13)11(16)17-4-5/h1-4,18H,(H2,16,17). The SMILES string of the molecule is Nc1ncc(S(=O)(=O)Nc2cc(Br)c(F)cc2F)cc1Cl. The van der Waals surface area contributed by atoms with Gasteiger partial charge in [-0.2, -0.15) is 0 Å². The number of nitrogens with two attached hydrogens (primary N) is 1. The van der Waals surface area contributed by atoms with E-state index in [1.165, 1.54) is 0 Å². The molecule has 10 heteroatoms. The molecule has 3 N–H and O–H groups in total. The predicted octanol–water partition coefficient (Wildman–Crippen LogP) is 3.16. The zero-order valence-corrected chi connectivity index (χ0v) is 13.2. The normalized spacial score (nSPS) is 11.4. The largest absolute Gasteiger partial charge is 0.382 e. The molecule has 1 aromatic heterocycles. The maximum absolute atomic E-state index is 13.6. The fourth-order valence-electron chi connectivity index (χ4n) is 1.38. The summed E-state index contributed by atoms with van der Waals surface area (Å²) in [6, 6.07) is 2.59. The fourth-order valence-corrected chi connectivity index (χ4v) is 2.99. The van der Waals surface area contributed by atoms with E-state index >= 15 is 0 Å². The highest BCUT2D eigenvalue weighted by Crippen LogP contribution is 2.27. The first-order valence-electron chi connectivity index (χ1n) is 5.29. The molecule has 0 aliphatic rings. The lowest BCUT2D eigenvalue weighted by Crippen LogP contribution is -2.15. The third kappa shape index (κ3) is 3.42. The summed E-state index contributed by atoms with van der Waals surface area (Å²) in [6.45, 7) is 0. The van der Waals surface area contributed by atoms with Gasteiger partial charge in [0.1, 0.15) is 22.3 Å². The lowest BCUT2D eigenvalue weighted by Gasteiger charge is -2.10. The number of halogens is 4. The van der Waals surface area contributed by atoms with Crippen molar-refractivity contribution in [1.29, 1.82) is 0 Å². The number of benzene rings is 1. The number of nitrogen functional groups attached to an aromatic ring is 1. The van der Waals surface area contributed by atoms with E-state index in [-0.39, 0.29) is 20.2 Å². The monoisotopic (exact) mass is 397 g/mol. The minimum absolute atomic E-state index is 0.0358. The van der Waals surface area contributed by atoms with Crippen LogP contribution in [0.3, 0.4) is 0 Å². The predicted molar refractivity (Wildman–Crippen MR) is 78.5 cm³/mol. The van der Waals surface area contributed by atoms with Gasteiger partial charge in [0.2, 0.25) is 0 Å². The quantitative estimate of drug-likeness (QED) is 0.778. The van der Waals surface area contributed by atoms with Crippen molar-refractivity contribution in [2.75, 3.05) is 10.5 Å². The first kappa shape index (κ1) is 15.9. The second kappa shape index (κ2) is 5.74. The molecule has 5 nitrogen and oxygen atoms in total. The van der Waals surface area contributed by atoms with Crippen molar-refractivity contribution in [3.05, 3.63) is 45.5 Å². The molecular formula is C11H7BrClF2N3O2S. The molecule has 0 atom stereocenters. The van der Waals surface area contributed by atoms with Crippen LogP contribution in [0, 0.1) is 11.6 Å². The number of rotatable bonds is 3. The molecule has 0 unspecified atom stereocenters. The lowest BCUT2D eigenvalue weighted by atomic mass is 10.3. The van der Waals surface area contributed by atoms with E-state index in [0.29, 0.717) is 6.07 Å². The Bertz CT molecular complexity index is 817. The van der Waals surface area contributed by atoms with Crippen LogP contribution in [0.2, 0.25) is 5.02 Å². The van der Waals surface area contributed by atoms with E-state index in [1.807, 2.05) is 4.72 Å². The molecule has 0 aliphatic carbocycles. The number of sulfonamides is 1. The van der Waals surface area contributed by atoms with Gasteiger partial charge in [0.25, 0.3) is 10.0 Å². The van der Waals surface area contributed by atoms with Gasteiger partial charge in [-0.15, -0.1) is 0 Å². The van der Waals surface area contributed by atoms with E-state index in [0.717, 1.165) is 18.3 Å². The molecule has 112 valence electrons. The van der Waals surface area contributed by atoms with Crippen LogP contribution in [0.1, 0.15) is 0 Å². The van der Waals surface area contributed by atoms with E-state index in [9.17, 15) is 17.2 Å². The van der Waals surface area contributed by atoms with E-state index in [2.05, 4.69) is 20.9 Å². The Balaban J connectivity index is 2.42. The topological polar surface area (TPSA) is 85.1 Å². The number of hydrogen-bond acceptors (Lipinski definition) is 4. The van der Waals surface area contributed by atoms with Crippen LogP contribution in [-0.4, -0.2) is 13.4 Å². The minimum atomic E-state index is -4.14. The smallest absolute Gasteiger partial charge is 0.263 e. The zero-order chi connectivity index (χ0) is 15.8. The molecule has 2 rings (SSSR count). The van der Waals surface area contributed by atoms with E-state index in [1.54, 1.807) is 0 Å². The molecule has 0 saturated carbocycles. The van der Waals surface area contributed by atoms with Crippen molar-refractivity contribution in [1.82, 2.24) is 4.98 Å². The summed E-state index contributed by atoms with van der Waals surface area (Å²) < 4.78 is 52.7. The average molecular weight is 399 g/mol. The number of anilines is 2. The van der Waals surface area contributed by atoms with E-state index in [4.69, 9.17) is 17.3 Å². The summed E-state index contributed by atoms with van der Waals surface area (Å²) in [7, 11) is -4.14. The van der Waals surface area contributed by atoms with E-state index < -0.39 is 27.3 Å².